The number of amides is 2. The van der Waals surface area contributed by atoms with E-state index in [-0.39, 0.29) is 22.9 Å². The summed E-state index contributed by atoms with van der Waals surface area (Å²) in [7, 11) is 0. The lowest BCUT2D eigenvalue weighted by atomic mass is 10.1. The number of aryl methyl sites for hydroxylation is 2. The Balaban J connectivity index is 1.57. The molecule has 272 valence electrons. The summed E-state index contributed by atoms with van der Waals surface area (Å²) in [5.74, 6) is -2.57. The third-order valence-electron chi connectivity index (χ3n) is 8.92. The molecule has 1 atom stereocenters. The minimum absolute atomic E-state index is 0.0701. The van der Waals surface area contributed by atoms with E-state index in [9.17, 15) is 35.1 Å². The first-order valence-corrected chi connectivity index (χ1v) is 17.0. The van der Waals surface area contributed by atoms with Crippen molar-refractivity contribution in [3.8, 4) is 11.5 Å². The lowest BCUT2D eigenvalue weighted by Gasteiger charge is -2.33. The number of nitrogens with one attached hydrogen (secondary N) is 2. The van der Waals surface area contributed by atoms with E-state index in [1.807, 2.05) is 44.2 Å². The molecule has 0 aromatic heterocycles. The Hall–Kier alpha value is -4.08. The number of hydrogen-bond acceptors (Lipinski definition) is 11. The summed E-state index contributed by atoms with van der Waals surface area (Å²) >= 11 is 0. The topological polar surface area (TPSA) is 189 Å². The van der Waals surface area contributed by atoms with Crippen molar-refractivity contribution in [1.29, 1.82) is 0 Å². The summed E-state index contributed by atoms with van der Waals surface area (Å²) in [5, 5.41) is 65.4. The number of aliphatic hydroxyl groups excluding tert-OH is 4. The molecule has 0 radical (unpaired) electrons. The Bertz CT molecular complexity index is 1570. The van der Waals surface area contributed by atoms with Gasteiger partial charge in [0, 0.05) is 56.9 Å². The van der Waals surface area contributed by atoms with Crippen LogP contribution in [0.4, 0.5) is 11.4 Å². The number of rotatable bonds is 13. The number of aliphatic hydroxyl groups is 4. The van der Waals surface area contributed by atoms with Gasteiger partial charge in [0.1, 0.15) is 11.5 Å². The molecule has 1 unspecified atom stereocenters. The van der Waals surface area contributed by atoms with E-state index in [4.69, 9.17) is 5.11 Å². The second-order valence-corrected chi connectivity index (χ2v) is 13.0. The molecule has 8 N–H and O–H groups in total. The second-order valence-electron chi connectivity index (χ2n) is 13.0. The van der Waals surface area contributed by atoms with E-state index in [1.54, 1.807) is 12.1 Å². The second kappa shape index (κ2) is 18.8. The standard InChI is InChI=1S/C37H51N5O8/c1-25-16-29(34(47)31(17-25)38-36(49)30(22-43)23-44)21-42-13-11-40(19-27-7-4-3-5-8-27)9-6-10-41(12-14-42)20-28-15-26(2)18-32(35(28)48)39-37(50)33(46)24-45/h3-5,7-8,15-18,30,33,43-48H,6,9-14,19-24H2,1-2H3,(H,38,49)(H,39,50). The van der Waals surface area contributed by atoms with Crippen LogP contribution >= 0.6 is 0 Å². The van der Waals surface area contributed by atoms with Crippen LogP contribution in [0.25, 0.3) is 0 Å². The number of carbonyl (C=O) groups excluding carboxylic acids is 2. The number of benzene rings is 3. The van der Waals surface area contributed by atoms with Gasteiger partial charge in [-0.05, 0) is 62.2 Å². The monoisotopic (exact) mass is 693 g/mol. The third kappa shape index (κ3) is 11.0. The summed E-state index contributed by atoms with van der Waals surface area (Å²) in [6.07, 6.45) is -0.723. The van der Waals surface area contributed by atoms with Crippen LogP contribution in [-0.2, 0) is 29.2 Å². The molecular formula is C37H51N5O8. The van der Waals surface area contributed by atoms with Gasteiger partial charge in [0.25, 0.3) is 5.91 Å². The van der Waals surface area contributed by atoms with Crippen molar-refractivity contribution in [2.45, 2.75) is 46.0 Å². The first-order valence-electron chi connectivity index (χ1n) is 17.0. The highest BCUT2D eigenvalue weighted by Gasteiger charge is 2.23. The first kappa shape index (κ1) is 38.7. The van der Waals surface area contributed by atoms with Crippen LogP contribution in [0.5, 0.6) is 11.5 Å². The zero-order chi connectivity index (χ0) is 36.2. The fourth-order valence-electron chi connectivity index (χ4n) is 6.11. The quantitative estimate of drug-likeness (QED) is 0.122. The van der Waals surface area contributed by atoms with Crippen molar-refractivity contribution < 1.29 is 40.2 Å². The molecule has 3 aromatic carbocycles. The number of hydrogen-bond donors (Lipinski definition) is 8. The molecule has 1 heterocycles. The molecule has 13 heteroatoms. The Kier molecular flexibility index (Phi) is 14.5. The maximum atomic E-state index is 12.6. The van der Waals surface area contributed by atoms with E-state index in [0.29, 0.717) is 43.9 Å². The molecule has 13 nitrogen and oxygen atoms in total. The fraction of sp³-hybridized carbons (Fsp3) is 0.459. The van der Waals surface area contributed by atoms with E-state index in [0.717, 1.165) is 43.7 Å². The first-order chi connectivity index (χ1) is 24.0. The van der Waals surface area contributed by atoms with Crippen molar-refractivity contribution in [2.24, 2.45) is 5.92 Å². The predicted molar refractivity (Wildman–Crippen MR) is 191 cm³/mol. The van der Waals surface area contributed by atoms with Gasteiger partial charge in [-0.3, -0.25) is 24.3 Å². The summed E-state index contributed by atoms with van der Waals surface area (Å²) in [5.41, 5.74) is 4.47. The van der Waals surface area contributed by atoms with Crippen LogP contribution in [0.3, 0.4) is 0 Å². The average Bonchev–Trinajstić information content (AvgIpc) is 3.09. The Morgan fingerprint density at radius 3 is 1.60 bits per heavy atom. The van der Waals surface area contributed by atoms with Crippen molar-refractivity contribution >= 4 is 23.2 Å². The van der Waals surface area contributed by atoms with Gasteiger partial charge in [0.15, 0.2) is 6.10 Å². The molecule has 1 aliphatic heterocycles. The summed E-state index contributed by atoms with van der Waals surface area (Å²) in [6, 6.07) is 17.3. The number of aromatic hydroxyl groups is 2. The van der Waals surface area contributed by atoms with Crippen LogP contribution in [-0.4, -0.2) is 122 Å². The van der Waals surface area contributed by atoms with Gasteiger partial charge in [-0.2, -0.15) is 0 Å². The van der Waals surface area contributed by atoms with Crippen molar-refractivity contribution in [1.82, 2.24) is 14.7 Å². The minimum atomic E-state index is -1.61. The molecule has 3 aromatic rings. The molecule has 1 saturated heterocycles. The molecule has 0 spiro atoms. The number of phenolic OH excluding ortho intramolecular Hbond substituents is 2. The number of nitrogens with zero attached hydrogens (tertiary/aromatic N) is 3. The third-order valence-corrected chi connectivity index (χ3v) is 8.92. The maximum Gasteiger partial charge on any atom is 0.255 e. The minimum Gasteiger partial charge on any atom is -0.505 e. The molecule has 50 heavy (non-hydrogen) atoms. The van der Waals surface area contributed by atoms with Crippen LogP contribution < -0.4 is 10.6 Å². The summed E-state index contributed by atoms with van der Waals surface area (Å²) < 4.78 is 0. The van der Waals surface area contributed by atoms with E-state index in [1.165, 1.54) is 5.56 Å². The van der Waals surface area contributed by atoms with Gasteiger partial charge in [-0.15, -0.1) is 0 Å². The number of anilines is 2. The van der Waals surface area contributed by atoms with Gasteiger partial charge >= 0.3 is 0 Å². The molecular weight excluding hydrogens is 642 g/mol. The van der Waals surface area contributed by atoms with Gasteiger partial charge < -0.3 is 41.3 Å². The lowest BCUT2D eigenvalue weighted by Crippen LogP contribution is -2.42. The Morgan fingerprint density at radius 1 is 0.660 bits per heavy atom. The van der Waals surface area contributed by atoms with Crippen molar-refractivity contribution in [3.63, 3.8) is 0 Å². The largest absolute Gasteiger partial charge is 0.505 e. The smallest absolute Gasteiger partial charge is 0.255 e. The van der Waals surface area contributed by atoms with Gasteiger partial charge in [-0.25, -0.2) is 0 Å². The maximum absolute atomic E-state index is 12.6. The van der Waals surface area contributed by atoms with Gasteiger partial charge in [0.05, 0.1) is 37.1 Å². The molecule has 0 saturated carbocycles. The molecule has 4 rings (SSSR count). The molecule has 0 bridgehead atoms. The summed E-state index contributed by atoms with van der Waals surface area (Å²) in [4.78, 5) is 31.8. The molecule has 1 fully saturated rings. The summed E-state index contributed by atoms with van der Waals surface area (Å²) in [6.45, 7) is 7.85. The van der Waals surface area contributed by atoms with Crippen LogP contribution in [0, 0.1) is 19.8 Å². The van der Waals surface area contributed by atoms with Gasteiger partial charge in [0.2, 0.25) is 5.91 Å². The number of carbonyl (C=O) groups is 2. The van der Waals surface area contributed by atoms with E-state index < -0.39 is 43.7 Å². The fourth-order valence-corrected chi connectivity index (χ4v) is 6.11. The molecule has 2 amide bonds. The lowest BCUT2D eigenvalue weighted by molar-refractivity contribution is -0.125. The zero-order valence-corrected chi connectivity index (χ0v) is 28.9. The molecule has 0 aliphatic carbocycles. The number of phenols is 2. The molecule has 1 aliphatic rings. The van der Waals surface area contributed by atoms with Crippen molar-refractivity contribution in [3.05, 3.63) is 82.4 Å². The van der Waals surface area contributed by atoms with E-state index >= 15 is 0 Å². The van der Waals surface area contributed by atoms with Crippen LogP contribution in [0.15, 0.2) is 54.6 Å². The van der Waals surface area contributed by atoms with Crippen LogP contribution in [0.1, 0.15) is 34.2 Å². The average molecular weight is 694 g/mol. The van der Waals surface area contributed by atoms with E-state index in [2.05, 4.69) is 37.5 Å². The SMILES string of the molecule is Cc1cc(CN2CCCN(Cc3ccccc3)CCN(Cc3cc(C)cc(NC(=O)C(CO)CO)c3O)CC2)c(O)c(NC(=O)C(O)CO)c1. The highest BCUT2D eigenvalue weighted by molar-refractivity contribution is 5.96. The van der Waals surface area contributed by atoms with Crippen LogP contribution in [0.2, 0.25) is 0 Å². The Labute approximate surface area is 293 Å². The highest BCUT2D eigenvalue weighted by atomic mass is 16.3. The van der Waals surface area contributed by atoms with Gasteiger partial charge in [-0.1, -0.05) is 42.5 Å². The van der Waals surface area contributed by atoms with Crippen molar-refractivity contribution in [2.75, 3.05) is 69.7 Å². The predicted octanol–water partition coefficient (Wildman–Crippen LogP) is 1.76. The Morgan fingerprint density at radius 2 is 1.12 bits per heavy atom. The highest BCUT2D eigenvalue weighted by Crippen LogP contribution is 2.32. The normalized spacial score (nSPS) is 15.9. The zero-order valence-electron chi connectivity index (χ0n) is 28.9.